The maximum Gasteiger partial charge on any atom is 0.230 e. The highest BCUT2D eigenvalue weighted by Crippen LogP contribution is 2.31. The summed E-state index contributed by atoms with van der Waals surface area (Å²) in [6.45, 7) is 4.13. The summed E-state index contributed by atoms with van der Waals surface area (Å²) < 4.78 is 6.05. The summed E-state index contributed by atoms with van der Waals surface area (Å²) in [5.74, 6) is 1.11. The van der Waals surface area contributed by atoms with Crippen LogP contribution in [0.1, 0.15) is 26.7 Å². The van der Waals surface area contributed by atoms with Gasteiger partial charge in [0.2, 0.25) is 11.0 Å². The number of nitrogens with one attached hydrogen (secondary N) is 2. The van der Waals surface area contributed by atoms with Gasteiger partial charge >= 0.3 is 0 Å². The molecule has 0 fully saturated rings. The van der Waals surface area contributed by atoms with E-state index >= 15 is 0 Å². The Morgan fingerprint density at radius 3 is 2.92 bits per heavy atom. The van der Waals surface area contributed by atoms with Gasteiger partial charge in [-0.1, -0.05) is 48.6 Å². The van der Waals surface area contributed by atoms with Gasteiger partial charge in [-0.25, -0.2) is 0 Å². The van der Waals surface area contributed by atoms with Crippen LogP contribution in [0, 0.1) is 0 Å². The molecule has 0 saturated carbocycles. The highest BCUT2D eigenvalue weighted by atomic mass is 32.2. The van der Waals surface area contributed by atoms with Gasteiger partial charge in [-0.3, -0.25) is 4.79 Å². The van der Waals surface area contributed by atoms with E-state index in [4.69, 9.17) is 4.74 Å². The Morgan fingerprint density at radius 1 is 1.38 bits per heavy atom. The van der Waals surface area contributed by atoms with E-state index in [1.807, 2.05) is 31.2 Å². The maximum absolute atomic E-state index is 11.9. The first kappa shape index (κ1) is 18.5. The first-order valence-corrected chi connectivity index (χ1v) is 9.58. The summed E-state index contributed by atoms with van der Waals surface area (Å²) in [4.78, 5) is 11.9. The fraction of sp³-hybridized carbons (Fsp3) is 0.438. The van der Waals surface area contributed by atoms with Crippen molar-refractivity contribution in [2.45, 2.75) is 37.1 Å². The molecule has 0 aliphatic carbocycles. The van der Waals surface area contributed by atoms with E-state index in [9.17, 15) is 4.79 Å². The molecular weight excluding hydrogens is 344 g/mol. The third-order valence-corrected chi connectivity index (χ3v) is 5.18. The molecule has 0 radical (unpaired) electrons. The Labute approximate surface area is 150 Å². The fourth-order valence-corrected chi connectivity index (χ4v) is 3.71. The van der Waals surface area contributed by atoms with Crippen molar-refractivity contribution >= 4 is 39.8 Å². The molecule has 0 saturated heterocycles. The lowest BCUT2D eigenvalue weighted by atomic mass is 10.2. The number of para-hydroxylation sites is 2. The van der Waals surface area contributed by atoms with E-state index in [2.05, 4.69) is 27.8 Å². The molecule has 1 atom stereocenters. The zero-order valence-corrected chi connectivity index (χ0v) is 15.7. The summed E-state index contributed by atoms with van der Waals surface area (Å²) >= 11 is 2.80. The normalized spacial score (nSPS) is 11.8. The number of carbonyl (C=O) groups is 1. The van der Waals surface area contributed by atoms with Crippen molar-refractivity contribution in [2.24, 2.45) is 0 Å². The number of anilines is 2. The molecule has 1 aromatic carbocycles. The average molecular weight is 367 g/mol. The Bertz CT molecular complexity index is 663. The Kier molecular flexibility index (Phi) is 7.33. The Balaban J connectivity index is 1.86. The molecule has 2 aromatic rings. The molecule has 2 N–H and O–H groups in total. The molecule has 0 unspecified atom stereocenters. The Morgan fingerprint density at radius 2 is 2.17 bits per heavy atom. The summed E-state index contributed by atoms with van der Waals surface area (Å²) in [5, 5.41) is 15.0. The third kappa shape index (κ3) is 5.68. The molecule has 0 bridgehead atoms. The van der Waals surface area contributed by atoms with Crippen LogP contribution in [0.2, 0.25) is 0 Å². The van der Waals surface area contributed by atoms with Crippen LogP contribution in [0.25, 0.3) is 0 Å². The smallest absolute Gasteiger partial charge is 0.230 e. The van der Waals surface area contributed by atoms with Crippen molar-refractivity contribution in [2.75, 3.05) is 18.2 Å². The number of aromatic nitrogens is 2. The molecule has 8 heteroatoms. The lowest BCUT2D eigenvalue weighted by Gasteiger charge is -2.11. The van der Waals surface area contributed by atoms with Gasteiger partial charge in [0.15, 0.2) is 4.34 Å². The molecule has 1 amide bonds. The zero-order chi connectivity index (χ0) is 17.4. The van der Waals surface area contributed by atoms with Crippen LogP contribution in [-0.2, 0) is 4.79 Å². The summed E-state index contributed by atoms with van der Waals surface area (Å²) in [5.41, 5.74) is 0.832. The van der Waals surface area contributed by atoms with Crippen LogP contribution in [0.5, 0.6) is 5.75 Å². The molecule has 1 aromatic heterocycles. The van der Waals surface area contributed by atoms with E-state index in [0.29, 0.717) is 10.9 Å². The summed E-state index contributed by atoms with van der Waals surface area (Å²) in [7, 11) is 1.63. The standard InChI is InChI=1S/C16H22N4O2S2/c1-4-7-11(2)17-14(21)10-23-16-20-19-15(24-16)18-12-8-5-6-9-13(12)22-3/h5-6,8-9,11H,4,7,10H2,1-3H3,(H,17,21)(H,18,19)/t11-/m0/s1. The number of methoxy groups -OCH3 is 1. The van der Waals surface area contributed by atoms with E-state index in [1.165, 1.54) is 23.1 Å². The largest absolute Gasteiger partial charge is 0.495 e. The number of nitrogens with zero attached hydrogens (tertiary/aromatic N) is 2. The van der Waals surface area contributed by atoms with Crippen LogP contribution in [0.15, 0.2) is 28.6 Å². The van der Waals surface area contributed by atoms with Crippen molar-refractivity contribution in [3.8, 4) is 5.75 Å². The minimum Gasteiger partial charge on any atom is -0.495 e. The van der Waals surface area contributed by atoms with Crippen molar-refractivity contribution in [3.63, 3.8) is 0 Å². The molecule has 24 heavy (non-hydrogen) atoms. The van der Waals surface area contributed by atoms with Gasteiger partial charge in [-0.15, -0.1) is 10.2 Å². The van der Waals surface area contributed by atoms with Gasteiger partial charge in [0.05, 0.1) is 18.6 Å². The number of amides is 1. The predicted molar refractivity (Wildman–Crippen MR) is 99.4 cm³/mol. The van der Waals surface area contributed by atoms with Crippen molar-refractivity contribution in [1.82, 2.24) is 15.5 Å². The van der Waals surface area contributed by atoms with E-state index in [-0.39, 0.29) is 11.9 Å². The first-order chi connectivity index (χ1) is 11.6. The first-order valence-electron chi connectivity index (χ1n) is 7.78. The molecule has 0 aliphatic rings. The number of benzene rings is 1. The molecule has 0 aliphatic heterocycles. The number of hydrogen-bond acceptors (Lipinski definition) is 7. The summed E-state index contributed by atoms with van der Waals surface area (Å²) in [6.07, 6.45) is 2.05. The van der Waals surface area contributed by atoms with E-state index < -0.39 is 0 Å². The summed E-state index contributed by atoms with van der Waals surface area (Å²) in [6, 6.07) is 7.82. The minimum atomic E-state index is 0.0235. The molecule has 0 spiro atoms. The second kappa shape index (κ2) is 9.48. The van der Waals surface area contributed by atoms with Crippen molar-refractivity contribution in [1.29, 1.82) is 0 Å². The van der Waals surface area contributed by atoms with E-state index in [1.54, 1.807) is 7.11 Å². The van der Waals surface area contributed by atoms with E-state index in [0.717, 1.165) is 28.6 Å². The number of hydrogen-bond donors (Lipinski definition) is 2. The zero-order valence-electron chi connectivity index (χ0n) is 14.0. The quantitative estimate of drug-likeness (QED) is 0.659. The molecular formula is C16H22N4O2S2. The maximum atomic E-state index is 11.9. The Hall–Kier alpha value is -1.80. The van der Waals surface area contributed by atoms with Crippen LogP contribution in [0.4, 0.5) is 10.8 Å². The third-order valence-electron chi connectivity index (χ3n) is 3.21. The second-order valence-electron chi connectivity index (χ2n) is 5.24. The number of ether oxygens (including phenoxy) is 1. The van der Waals surface area contributed by atoms with Gasteiger partial charge < -0.3 is 15.4 Å². The van der Waals surface area contributed by atoms with Crippen LogP contribution in [-0.4, -0.2) is 35.0 Å². The number of rotatable bonds is 9. The lowest BCUT2D eigenvalue weighted by Crippen LogP contribution is -2.33. The van der Waals surface area contributed by atoms with Crippen molar-refractivity contribution < 1.29 is 9.53 Å². The SMILES string of the molecule is CCC[C@H](C)NC(=O)CSc1nnc(Nc2ccccc2OC)s1. The van der Waals surface area contributed by atoms with Gasteiger partial charge in [-0.05, 0) is 25.5 Å². The predicted octanol–water partition coefficient (Wildman–Crippen LogP) is 3.69. The number of thioether (sulfide) groups is 1. The molecule has 130 valence electrons. The molecule has 1 heterocycles. The highest BCUT2D eigenvalue weighted by Gasteiger charge is 2.11. The lowest BCUT2D eigenvalue weighted by molar-refractivity contribution is -0.119. The van der Waals surface area contributed by atoms with Crippen LogP contribution >= 0.6 is 23.1 Å². The molecule has 2 rings (SSSR count). The average Bonchev–Trinajstić information content (AvgIpc) is 3.01. The van der Waals surface area contributed by atoms with Gasteiger partial charge in [0.1, 0.15) is 5.75 Å². The highest BCUT2D eigenvalue weighted by molar-refractivity contribution is 8.01. The molecule has 6 nitrogen and oxygen atoms in total. The minimum absolute atomic E-state index is 0.0235. The van der Waals surface area contributed by atoms with Crippen LogP contribution < -0.4 is 15.4 Å². The fourth-order valence-electron chi connectivity index (χ4n) is 2.13. The number of carbonyl (C=O) groups excluding carboxylic acids is 1. The second-order valence-corrected chi connectivity index (χ2v) is 7.44. The van der Waals surface area contributed by atoms with Gasteiger partial charge in [0, 0.05) is 6.04 Å². The van der Waals surface area contributed by atoms with Crippen molar-refractivity contribution in [3.05, 3.63) is 24.3 Å². The van der Waals surface area contributed by atoms with Gasteiger partial charge in [-0.2, -0.15) is 0 Å². The monoisotopic (exact) mass is 366 g/mol. The topological polar surface area (TPSA) is 76.1 Å². The van der Waals surface area contributed by atoms with Crippen LogP contribution in [0.3, 0.4) is 0 Å². The van der Waals surface area contributed by atoms with Gasteiger partial charge in [0.25, 0.3) is 0 Å².